The number of carbonyl (C=O) groups excluding carboxylic acids is 1. The number of anilines is 1. The molecular formula is C18H26N4OS. The van der Waals surface area contributed by atoms with E-state index in [1.807, 2.05) is 22.6 Å². The zero-order valence-electron chi connectivity index (χ0n) is 14.9. The Labute approximate surface area is 147 Å². The fraction of sp³-hybridized carbons (Fsp3) is 0.556. The van der Waals surface area contributed by atoms with Crippen LogP contribution in [0.15, 0.2) is 23.6 Å². The first kappa shape index (κ1) is 17.0. The number of urea groups is 1. The van der Waals surface area contributed by atoms with E-state index in [2.05, 4.69) is 48.7 Å². The summed E-state index contributed by atoms with van der Waals surface area (Å²) >= 11 is 1.76. The van der Waals surface area contributed by atoms with Crippen molar-refractivity contribution in [2.75, 3.05) is 11.9 Å². The number of hydrogen-bond acceptors (Lipinski definition) is 3. The lowest BCUT2D eigenvalue weighted by Gasteiger charge is -2.35. The van der Waals surface area contributed by atoms with Crippen molar-refractivity contribution in [2.45, 2.75) is 58.5 Å². The number of rotatable bonds is 4. The topological polar surface area (TPSA) is 50.2 Å². The lowest BCUT2D eigenvalue weighted by molar-refractivity contribution is 0.168. The van der Waals surface area contributed by atoms with Gasteiger partial charge in [-0.15, -0.1) is 11.3 Å². The van der Waals surface area contributed by atoms with Crippen molar-refractivity contribution in [3.05, 3.63) is 34.2 Å². The molecule has 3 heterocycles. The Bertz CT molecular complexity index is 707. The molecule has 0 saturated carbocycles. The van der Waals surface area contributed by atoms with Gasteiger partial charge in [-0.05, 0) is 52.0 Å². The van der Waals surface area contributed by atoms with Crippen LogP contribution < -0.4 is 5.32 Å². The van der Waals surface area contributed by atoms with Crippen LogP contribution in [0.5, 0.6) is 0 Å². The third kappa shape index (κ3) is 3.34. The summed E-state index contributed by atoms with van der Waals surface area (Å²) in [5.74, 6) is 0.636. The predicted molar refractivity (Wildman–Crippen MR) is 98.7 cm³/mol. The Morgan fingerprint density at radius 3 is 2.92 bits per heavy atom. The molecule has 0 aromatic carbocycles. The van der Waals surface area contributed by atoms with Crippen LogP contribution in [0.1, 0.15) is 50.2 Å². The van der Waals surface area contributed by atoms with Crippen molar-refractivity contribution >= 4 is 23.2 Å². The summed E-state index contributed by atoms with van der Waals surface area (Å²) in [6, 6.07) is 6.40. The van der Waals surface area contributed by atoms with Gasteiger partial charge in [0.2, 0.25) is 0 Å². The second-order valence-corrected chi connectivity index (χ2v) is 8.18. The fourth-order valence-corrected chi connectivity index (χ4v) is 4.47. The molecule has 0 aliphatic carbocycles. The van der Waals surface area contributed by atoms with Gasteiger partial charge in [0.05, 0.1) is 0 Å². The molecule has 2 amide bonds. The van der Waals surface area contributed by atoms with E-state index in [1.165, 1.54) is 4.88 Å². The molecule has 1 N–H and O–H groups in total. The summed E-state index contributed by atoms with van der Waals surface area (Å²) in [6.45, 7) is 9.18. The molecule has 1 aliphatic rings. The number of thiophene rings is 1. The molecular weight excluding hydrogens is 320 g/mol. The van der Waals surface area contributed by atoms with Crippen LogP contribution in [0.4, 0.5) is 10.6 Å². The molecule has 24 heavy (non-hydrogen) atoms. The number of amides is 2. The summed E-state index contributed by atoms with van der Waals surface area (Å²) in [5, 5.41) is 9.59. The zero-order chi connectivity index (χ0) is 17.3. The molecule has 0 radical (unpaired) electrons. The van der Waals surface area contributed by atoms with Crippen molar-refractivity contribution in [3.63, 3.8) is 0 Å². The minimum Gasteiger partial charge on any atom is -0.319 e. The molecule has 2 aromatic heterocycles. The second kappa shape index (κ2) is 6.59. The van der Waals surface area contributed by atoms with Gasteiger partial charge in [-0.25, -0.2) is 4.79 Å². The van der Waals surface area contributed by atoms with Crippen LogP contribution in [-0.2, 0) is 6.42 Å². The third-order valence-corrected chi connectivity index (χ3v) is 5.65. The number of aromatic nitrogens is 2. The van der Waals surface area contributed by atoms with E-state index in [4.69, 9.17) is 0 Å². The Morgan fingerprint density at radius 1 is 1.50 bits per heavy atom. The highest BCUT2D eigenvalue weighted by Crippen LogP contribution is 2.34. The lowest BCUT2D eigenvalue weighted by atomic mass is 9.94. The van der Waals surface area contributed by atoms with Crippen molar-refractivity contribution in [1.82, 2.24) is 14.7 Å². The average molecular weight is 347 g/mol. The molecule has 0 bridgehead atoms. The first-order chi connectivity index (χ1) is 11.4. The Hall–Kier alpha value is -1.82. The first-order valence-electron chi connectivity index (χ1n) is 8.56. The van der Waals surface area contributed by atoms with Crippen LogP contribution in [0.25, 0.3) is 0 Å². The van der Waals surface area contributed by atoms with Gasteiger partial charge in [0, 0.05) is 41.2 Å². The van der Waals surface area contributed by atoms with Crippen molar-refractivity contribution < 1.29 is 4.79 Å². The van der Waals surface area contributed by atoms with Crippen LogP contribution in [0.3, 0.4) is 0 Å². The number of carbonyl (C=O) groups is 1. The SMILES string of the molecule is Cc1cc(NC(=O)N2CCCC2(C)Cc2cccs2)nn1C(C)C. The third-order valence-electron chi connectivity index (χ3n) is 4.78. The summed E-state index contributed by atoms with van der Waals surface area (Å²) in [6.07, 6.45) is 3.00. The molecule has 3 rings (SSSR count). The van der Waals surface area contributed by atoms with Gasteiger partial charge in [-0.2, -0.15) is 5.10 Å². The fourth-order valence-electron chi connectivity index (χ4n) is 3.59. The highest BCUT2D eigenvalue weighted by molar-refractivity contribution is 7.09. The Balaban J connectivity index is 1.72. The van der Waals surface area contributed by atoms with Crippen LogP contribution in [0.2, 0.25) is 0 Å². The first-order valence-corrected chi connectivity index (χ1v) is 9.44. The molecule has 2 aromatic rings. The maximum absolute atomic E-state index is 12.8. The quantitative estimate of drug-likeness (QED) is 0.888. The van der Waals surface area contributed by atoms with Crippen molar-refractivity contribution in [2.24, 2.45) is 0 Å². The molecule has 1 unspecified atom stereocenters. The van der Waals surface area contributed by atoms with E-state index in [9.17, 15) is 4.79 Å². The molecule has 1 aliphatic heterocycles. The minimum atomic E-state index is -0.120. The monoisotopic (exact) mass is 346 g/mol. The largest absolute Gasteiger partial charge is 0.323 e. The van der Waals surface area contributed by atoms with Crippen molar-refractivity contribution in [1.29, 1.82) is 0 Å². The van der Waals surface area contributed by atoms with E-state index in [0.29, 0.717) is 5.82 Å². The van der Waals surface area contributed by atoms with Gasteiger partial charge < -0.3 is 4.90 Å². The Morgan fingerprint density at radius 2 is 2.29 bits per heavy atom. The average Bonchev–Trinajstić information content (AvgIpc) is 3.20. The number of hydrogen-bond donors (Lipinski definition) is 1. The minimum absolute atomic E-state index is 0.0417. The van der Waals surface area contributed by atoms with Gasteiger partial charge in [-0.3, -0.25) is 10.00 Å². The number of aryl methyl sites for hydroxylation is 1. The highest BCUT2D eigenvalue weighted by Gasteiger charge is 2.40. The van der Waals surface area contributed by atoms with Crippen molar-refractivity contribution in [3.8, 4) is 0 Å². The van der Waals surface area contributed by atoms with E-state index >= 15 is 0 Å². The highest BCUT2D eigenvalue weighted by atomic mass is 32.1. The number of nitrogens with zero attached hydrogens (tertiary/aromatic N) is 3. The predicted octanol–water partition coefficient (Wildman–Crippen LogP) is 4.46. The van der Waals surface area contributed by atoms with E-state index in [-0.39, 0.29) is 17.6 Å². The van der Waals surface area contributed by atoms with E-state index in [0.717, 1.165) is 31.5 Å². The molecule has 5 nitrogen and oxygen atoms in total. The van der Waals surface area contributed by atoms with Gasteiger partial charge in [0.15, 0.2) is 5.82 Å². The summed E-state index contributed by atoms with van der Waals surface area (Å²) in [7, 11) is 0. The molecule has 130 valence electrons. The maximum Gasteiger partial charge on any atom is 0.323 e. The van der Waals surface area contributed by atoms with E-state index in [1.54, 1.807) is 11.3 Å². The smallest absolute Gasteiger partial charge is 0.319 e. The van der Waals surface area contributed by atoms with Gasteiger partial charge in [0.1, 0.15) is 0 Å². The van der Waals surface area contributed by atoms with Crippen LogP contribution in [-0.4, -0.2) is 32.8 Å². The number of likely N-dealkylation sites (tertiary alicyclic amines) is 1. The van der Waals surface area contributed by atoms with Gasteiger partial charge >= 0.3 is 6.03 Å². The van der Waals surface area contributed by atoms with E-state index < -0.39 is 0 Å². The number of nitrogens with one attached hydrogen (secondary N) is 1. The molecule has 1 saturated heterocycles. The van der Waals surface area contributed by atoms with Crippen LogP contribution in [0, 0.1) is 6.92 Å². The molecule has 6 heteroatoms. The normalized spacial score (nSPS) is 20.8. The molecule has 1 fully saturated rings. The van der Waals surface area contributed by atoms with Crippen LogP contribution >= 0.6 is 11.3 Å². The zero-order valence-corrected chi connectivity index (χ0v) is 15.7. The van der Waals surface area contributed by atoms with Gasteiger partial charge in [-0.1, -0.05) is 6.07 Å². The standard InChI is InChI=1S/C18H26N4OS/c1-13(2)22-14(3)11-16(20-22)19-17(23)21-9-6-8-18(21,4)12-15-7-5-10-24-15/h5,7,10-11,13H,6,8-9,12H2,1-4H3,(H,19,20,23). The van der Waals surface area contributed by atoms with Gasteiger partial charge in [0.25, 0.3) is 0 Å². The lowest BCUT2D eigenvalue weighted by Crippen LogP contribution is -2.48. The summed E-state index contributed by atoms with van der Waals surface area (Å²) in [5.41, 5.74) is 0.938. The maximum atomic E-state index is 12.8. The summed E-state index contributed by atoms with van der Waals surface area (Å²) in [4.78, 5) is 16.1. The Kier molecular flexibility index (Phi) is 4.67. The second-order valence-electron chi connectivity index (χ2n) is 7.15. The molecule has 0 spiro atoms. The summed E-state index contributed by atoms with van der Waals surface area (Å²) < 4.78 is 1.93. The molecule has 1 atom stereocenters.